The Morgan fingerprint density at radius 3 is 2.73 bits per heavy atom. The fraction of sp³-hybridized carbons (Fsp3) is 0.200. The fourth-order valence-electron chi connectivity index (χ4n) is 3.54. The number of fused-ring (bicyclic) bond motifs is 3. The summed E-state index contributed by atoms with van der Waals surface area (Å²) in [6, 6.07) is 13.6. The third-order valence-corrected chi connectivity index (χ3v) is 5.00. The van der Waals surface area contributed by atoms with E-state index in [-0.39, 0.29) is 12.3 Å². The standard InChI is InChI=1S/C20H16ClN3O2/c1-12-2-4-19(25-12)16-11-17-15-10-14(21)3-5-18(15)26-20(24(17)23-16)13-6-8-22-9-7-13/h2-10,17,20H,11H2,1H3/t17-,20-/m0/s1. The SMILES string of the molecule is Cc1ccc(C2=NN3[C@@H](C2)c2cc(Cl)ccc2O[C@H]3c2ccncc2)o1. The van der Waals surface area contributed by atoms with Crippen molar-refractivity contribution in [2.75, 3.05) is 0 Å². The molecule has 2 aliphatic heterocycles. The summed E-state index contributed by atoms with van der Waals surface area (Å²) in [6.45, 7) is 1.93. The highest BCUT2D eigenvalue weighted by atomic mass is 35.5. The summed E-state index contributed by atoms with van der Waals surface area (Å²) in [5.41, 5.74) is 2.97. The summed E-state index contributed by atoms with van der Waals surface area (Å²) in [5, 5.41) is 7.54. The predicted octanol–water partition coefficient (Wildman–Crippen LogP) is 4.88. The first-order valence-corrected chi connectivity index (χ1v) is 8.85. The summed E-state index contributed by atoms with van der Waals surface area (Å²) >= 11 is 6.24. The third-order valence-electron chi connectivity index (χ3n) is 4.77. The largest absolute Gasteiger partial charge is 0.464 e. The second-order valence-electron chi connectivity index (χ2n) is 6.49. The first-order valence-electron chi connectivity index (χ1n) is 8.48. The van der Waals surface area contributed by atoms with Crippen LogP contribution in [0, 0.1) is 6.92 Å². The zero-order valence-corrected chi connectivity index (χ0v) is 14.8. The molecular formula is C20H16ClN3O2. The van der Waals surface area contributed by atoms with Gasteiger partial charge >= 0.3 is 0 Å². The van der Waals surface area contributed by atoms with Crippen molar-refractivity contribution in [2.45, 2.75) is 25.6 Å². The first kappa shape index (κ1) is 15.5. The molecule has 2 atom stereocenters. The highest BCUT2D eigenvalue weighted by Crippen LogP contribution is 2.48. The maximum absolute atomic E-state index is 6.28. The fourth-order valence-corrected chi connectivity index (χ4v) is 3.73. The van der Waals surface area contributed by atoms with Gasteiger partial charge in [0.2, 0.25) is 6.23 Å². The second-order valence-corrected chi connectivity index (χ2v) is 6.93. The Bertz CT molecular complexity index is 999. The van der Waals surface area contributed by atoms with Gasteiger partial charge in [-0.1, -0.05) is 11.6 Å². The molecule has 6 heteroatoms. The molecule has 2 aromatic heterocycles. The molecular weight excluding hydrogens is 350 g/mol. The van der Waals surface area contributed by atoms with E-state index in [1.54, 1.807) is 12.4 Å². The molecule has 5 rings (SSSR count). The molecule has 0 unspecified atom stereocenters. The Morgan fingerprint density at radius 2 is 1.96 bits per heavy atom. The number of halogens is 1. The van der Waals surface area contributed by atoms with E-state index in [4.69, 9.17) is 25.9 Å². The van der Waals surface area contributed by atoms with Crippen molar-refractivity contribution in [2.24, 2.45) is 5.10 Å². The number of pyridine rings is 1. The van der Waals surface area contributed by atoms with E-state index < -0.39 is 0 Å². The maximum Gasteiger partial charge on any atom is 0.213 e. The van der Waals surface area contributed by atoms with Gasteiger partial charge in [-0.15, -0.1) is 0 Å². The number of rotatable bonds is 2. The van der Waals surface area contributed by atoms with Crippen LogP contribution in [0.5, 0.6) is 5.75 Å². The molecule has 0 saturated heterocycles. The van der Waals surface area contributed by atoms with E-state index in [0.29, 0.717) is 5.02 Å². The van der Waals surface area contributed by atoms with Crippen LogP contribution >= 0.6 is 11.6 Å². The summed E-state index contributed by atoms with van der Waals surface area (Å²) in [7, 11) is 0. The van der Waals surface area contributed by atoms with Gasteiger partial charge in [0, 0.05) is 35.0 Å². The van der Waals surface area contributed by atoms with Crippen LogP contribution in [0.3, 0.4) is 0 Å². The Labute approximate surface area is 155 Å². The molecule has 2 aliphatic rings. The number of aryl methyl sites for hydroxylation is 1. The second kappa shape index (κ2) is 5.88. The van der Waals surface area contributed by atoms with Crippen molar-refractivity contribution in [1.82, 2.24) is 9.99 Å². The number of hydrogen-bond acceptors (Lipinski definition) is 5. The highest BCUT2D eigenvalue weighted by molar-refractivity contribution is 6.30. The van der Waals surface area contributed by atoms with E-state index in [9.17, 15) is 0 Å². The molecule has 1 aromatic carbocycles. The smallest absolute Gasteiger partial charge is 0.213 e. The summed E-state index contributed by atoms with van der Waals surface area (Å²) in [5.74, 6) is 2.51. The van der Waals surface area contributed by atoms with Crippen molar-refractivity contribution < 1.29 is 9.15 Å². The number of benzene rings is 1. The summed E-state index contributed by atoms with van der Waals surface area (Å²) < 4.78 is 12.1. The molecule has 0 radical (unpaired) electrons. The van der Waals surface area contributed by atoms with Crippen LogP contribution in [0.4, 0.5) is 0 Å². The van der Waals surface area contributed by atoms with E-state index in [2.05, 4.69) is 4.98 Å². The topological polar surface area (TPSA) is 50.9 Å². The van der Waals surface area contributed by atoms with Crippen molar-refractivity contribution in [3.8, 4) is 5.75 Å². The van der Waals surface area contributed by atoms with Crippen molar-refractivity contribution >= 4 is 17.3 Å². The van der Waals surface area contributed by atoms with E-state index in [0.717, 1.165) is 40.5 Å². The van der Waals surface area contributed by atoms with Gasteiger partial charge < -0.3 is 9.15 Å². The lowest BCUT2D eigenvalue weighted by molar-refractivity contribution is -0.0190. The van der Waals surface area contributed by atoms with Crippen LogP contribution in [-0.4, -0.2) is 15.7 Å². The zero-order chi connectivity index (χ0) is 17.7. The molecule has 0 spiro atoms. The van der Waals surface area contributed by atoms with Crippen molar-refractivity contribution in [3.63, 3.8) is 0 Å². The average molecular weight is 366 g/mol. The zero-order valence-electron chi connectivity index (χ0n) is 14.1. The molecule has 4 heterocycles. The first-order chi connectivity index (χ1) is 12.7. The molecule has 5 nitrogen and oxygen atoms in total. The molecule has 0 aliphatic carbocycles. The lowest BCUT2D eigenvalue weighted by Gasteiger charge is -2.38. The van der Waals surface area contributed by atoms with Gasteiger partial charge in [0.05, 0.1) is 6.04 Å². The summed E-state index contributed by atoms with van der Waals surface area (Å²) in [4.78, 5) is 4.10. The number of hydrazone groups is 1. The van der Waals surface area contributed by atoms with Crippen LogP contribution in [0.1, 0.15) is 41.3 Å². The van der Waals surface area contributed by atoms with Gasteiger partial charge in [0.1, 0.15) is 23.0 Å². The molecule has 3 aromatic rings. The van der Waals surface area contributed by atoms with Gasteiger partial charge in [0.15, 0.2) is 0 Å². The minimum atomic E-state index is -0.315. The number of furan rings is 1. The van der Waals surface area contributed by atoms with Gasteiger partial charge in [-0.25, -0.2) is 5.01 Å². The number of nitrogens with zero attached hydrogens (tertiary/aromatic N) is 3. The van der Waals surface area contributed by atoms with Crippen LogP contribution in [0.2, 0.25) is 5.02 Å². The molecule has 0 N–H and O–H groups in total. The number of hydrogen-bond donors (Lipinski definition) is 0. The molecule has 0 fully saturated rings. The quantitative estimate of drug-likeness (QED) is 0.649. The molecule has 130 valence electrons. The third kappa shape index (κ3) is 2.47. The van der Waals surface area contributed by atoms with Gasteiger partial charge in [-0.05, 0) is 49.4 Å². The van der Waals surface area contributed by atoms with Gasteiger partial charge in [0.25, 0.3) is 0 Å². The van der Waals surface area contributed by atoms with Gasteiger partial charge in [-0.2, -0.15) is 5.10 Å². The van der Waals surface area contributed by atoms with Crippen LogP contribution in [0.25, 0.3) is 0 Å². The van der Waals surface area contributed by atoms with Gasteiger partial charge in [-0.3, -0.25) is 4.98 Å². The van der Waals surface area contributed by atoms with Crippen LogP contribution in [0.15, 0.2) is 64.4 Å². The number of ether oxygens (including phenoxy) is 1. The summed E-state index contributed by atoms with van der Waals surface area (Å²) in [6.07, 6.45) is 3.96. The Kier molecular flexibility index (Phi) is 3.50. The maximum atomic E-state index is 6.28. The van der Waals surface area contributed by atoms with E-state index in [1.807, 2.05) is 54.4 Å². The Hall–Kier alpha value is -2.79. The molecule has 0 amide bonds. The minimum absolute atomic E-state index is 0.0519. The van der Waals surface area contributed by atoms with Crippen molar-refractivity contribution in [1.29, 1.82) is 0 Å². The predicted molar refractivity (Wildman–Crippen MR) is 98.2 cm³/mol. The van der Waals surface area contributed by atoms with E-state index in [1.165, 1.54) is 0 Å². The van der Waals surface area contributed by atoms with E-state index >= 15 is 0 Å². The minimum Gasteiger partial charge on any atom is -0.464 e. The van der Waals surface area contributed by atoms with Crippen LogP contribution < -0.4 is 4.74 Å². The molecule has 0 bridgehead atoms. The van der Waals surface area contributed by atoms with Crippen LogP contribution in [-0.2, 0) is 0 Å². The van der Waals surface area contributed by atoms with Crippen molar-refractivity contribution in [3.05, 3.63) is 82.5 Å². The normalized spacial score (nSPS) is 21.0. The Balaban J connectivity index is 1.61. The average Bonchev–Trinajstić information content (AvgIpc) is 3.28. The lowest BCUT2D eigenvalue weighted by atomic mass is 9.97. The molecule has 0 saturated carbocycles. The monoisotopic (exact) mass is 365 g/mol. The number of aromatic nitrogens is 1. The molecule has 26 heavy (non-hydrogen) atoms. The Morgan fingerprint density at radius 1 is 1.12 bits per heavy atom. The highest BCUT2D eigenvalue weighted by Gasteiger charge is 2.41. The lowest BCUT2D eigenvalue weighted by Crippen LogP contribution is -2.33.